The van der Waals surface area contributed by atoms with Crippen LogP contribution in [-0.4, -0.2) is 73.1 Å². The monoisotopic (exact) mass is 476 g/mol. The molecule has 12 nitrogen and oxygen atoms in total. The Morgan fingerprint density at radius 2 is 1.76 bits per heavy atom. The van der Waals surface area contributed by atoms with Crippen LogP contribution < -0.4 is 14.9 Å². The van der Waals surface area contributed by atoms with E-state index in [4.69, 9.17) is 18.6 Å². The first-order valence-electron chi connectivity index (χ1n) is 10.2. The summed E-state index contributed by atoms with van der Waals surface area (Å²) in [4.78, 5) is 13.1. The average Bonchev–Trinajstić information content (AvgIpc) is 2.81. The number of aliphatic hydroxyl groups is 4. The molecule has 34 heavy (non-hydrogen) atoms. The van der Waals surface area contributed by atoms with Gasteiger partial charge < -0.3 is 54.4 Å². The summed E-state index contributed by atoms with van der Waals surface area (Å²) in [7, 11) is 0. The summed E-state index contributed by atoms with van der Waals surface area (Å²) in [6, 6.07) is 4.92. The number of hydrogen-bond donors (Lipinski definition) is 7. The Hall–Kier alpha value is -3.55. The number of aliphatic hydroxyl groups excluding tert-OH is 4. The molecule has 2 aliphatic heterocycles. The van der Waals surface area contributed by atoms with Gasteiger partial charge in [0.15, 0.2) is 11.5 Å². The molecule has 2 aliphatic rings. The second-order valence-electron chi connectivity index (χ2n) is 7.97. The normalized spacial score (nSPS) is 25.9. The lowest BCUT2D eigenvalue weighted by molar-refractivity contribution is -0.277. The van der Waals surface area contributed by atoms with Gasteiger partial charge in [-0.15, -0.1) is 0 Å². The van der Waals surface area contributed by atoms with Crippen LogP contribution in [0, 0.1) is 0 Å². The molecule has 3 aromatic rings. The fourth-order valence-corrected chi connectivity index (χ4v) is 4.06. The van der Waals surface area contributed by atoms with Crippen molar-refractivity contribution >= 4 is 11.0 Å². The van der Waals surface area contributed by atoms with Crippen LogP contribution in [0.15, 0.2) is 33.5 Å². The van der Waals surface area contributed by atoms with Crippen molar-refractivity contribution in [3.8, 4) is 40.1 Å². The maximum atomic E-state index is 13.1. The standard InChI is InChI=1S/C22H20O12/c23-5-13-17(28)18(29)19(30)22(34-13)32-7-3-11(25)14-12(4-7)33-20-8-1-2-10(24)16(27)21(8)31-6-9(20)15(14)26/h1-4,13,17-19,22-25,27-30H,5-6H2. The van der Waals surface area contributed by atoms with Gasteiger partial charge in [0.05, 0.1) is 17.7 Å². The summed E-state index contributed by atoms with van der Waals surface area (Å²) in [5.41, 5.74) is -0.409. The molecule has 0 radical (unpaired) electrons. The quantitative estimate of drug-likeness (QED) is 0.243. The van der Waals surface area contributed by atoms with Crippen molar-refractivity contribution in [3.05, 3.63) is 40.1 Å². The molecule has 180 valence electrons. The van der Waals surface area contributed by atoms with Crippen LogP contribution in [0.4, 0.5) is 0 Å². The first-order valence-corrected chi connectivity index (χ1v) is 10.2. The highest BCUT2D eigenvalue weighted by Crippen LogP contribution is 2.47. The number of benzene rings is 2. The van der Waals surface area contributed by atoms with E-state index < -0.39 is 60.0 Å². The van der Waals surface area contributed by atoms with Crippen molar-refractivity contribution in [1.29, 1.82) is 0 Å². The predicted octanol–water partition coefficient (Wildman–Crippen LogP) is -0.352. The number of phenols is 3. The maximum absolute atomic E-state index is 13.1. The Labute approximate surface area is 190 Å². The topological polar surface area (TPSA) is 200 Å². The van der Waals surface area contributed by atoms with Gasteiger partial charge in [-0.05, 0) is 12.1 Å². The molecular weight excluding hydrogens is 456 g/mol. The summed E-state index contributed by atoms with van der Waals surface area (Å²) in [6.07, 6.45) is -7.66. The van der Waals surface area contributed by atoms with E-state index in [-0.39, 0.29) is 46.0 Å². The van der Waals surface area contributed by atoms with E-state index in [0.29, 0.717) is 0 Å². The van der Waals surface area contributed by atoms with Crippen molar-refractivity contribution in [1.82, 2.24) is 0 Å². The van der Waals surface area contributed by atoms with Crippen molar-refractivity contribution in [2.75, 3.05) is 6.61 Å². The zero-order valence-corrected chi connectivity index (χ0v) is 17.3. The number of phenolic OH excluding ortho intramolecular Hbond substituents is 3. The molecule has 1 fully saturated rings. The minimum absolute atomic E-state index is 0.0541. The summed E-state index contributed by atoms with van der Waals surface area (Å²) < 4.78 is 22.1. The number of hydrogen-bond acceptors (Lipinski definition) is 12. The molecule has 0 aliphatic carbocycles. The van der Waals surface area contributed by atoms with E-state index in [0.717, 1.165) is 6.07 Å². The highest BCUT2D eigenvalue weighted by molar-refractivity contribution is 5.88. The third kappa shape index (κ3) is 3.31. The third-order valence-corrected chi connectivity index (χ3v) is 5.86. The number of fused-ring (bicyclic) bond motifs is 4. The molecule has 1 aromatic heterocycles. The maximum Gasteiger partial charge on any atom is 0.229 e. The minimum atomic E-state index is -1.69. The van der Waals surface area contributed by atoms with Crippen molar-refractivity contribution in [2.45, 2.75) is 37.3 Å². The lowest BCUT2D eigenvalue weighted by Gasteiger charge is -2.39. The summed E-state index contributed by atoms with van der Waals surface area (Å²) in [5.74, 6) is -1.58. The highest BCUT2D eigenvalue weighted by Gasteiger charge is 2.44. The fraction of sp³-hybridized carbons (Fsp3) is 0.318. The van der Waals surface area contributed by atoms with Crippen LogP contribution in [0.25, 0.3) is 22.3 Å². The van der Waals surface area contributed by atoms with Gasteiger partial charge in [0.25, 0.3) is 0 Å². The van der Waals surface area contributed by atoms with Gasteiger partial charge >= 0.3 is 0 Å². The van der Waals surface area contributed by atoms with Crippen LogP contribution in [0.2, 0.25) is 0 Å². The van der Waals surface area contributed by atoms with Gasteiger partial charge in [-0.3, -0.25) is 4.79 Å². The lowest BCUT2D eigenvalue weighted by Crippen LogP contribution is -2.60. The minimum Gasteiger partial charge on any atom is -0.507 e. The first kappa shape index (κ1) is 22.3. The molecule has 5 atom stereocenters. The molecule has 0 saturated carbocycles. The molecule has 7 N–H and O–H groups in total. The van der Waals surface area contributed by atoms with E-state index >= 15 is 0 Å². The van der Waals surface area contributed by atoms with Crippen LogP contribution in [0.1, 0.15) is 5.56 Å². The van der Waals surface area contributed by atoms with E-state index in [2.05, 4.69) is 0 Å². The Morgan fingerprint density at radius 3 is 2.50 bits per heavy atom. The molecule has 12 heteroatoms. The van der Waals surface area contributed by atoms with Crippen molar-refractivity contribution in [2.24, 2.45) is 0 Å². The highest BCUT2D eigenvalue weighted by atomic mass is 16.7. The van der Waals surface area contributed by atoms with Crippen molar-refractivity contribution < 1.29 is 54.4 Å². The molecule has 3 heterocycles. The van der Waals surface area contributed by atoms with Gasteiger partial charge in [0, 0.05) is 12.1 Å². The smallest absolute Gasteiger partial charge is 0.229 e. The number of aromatic hydroxyl groups is 3. The summed E-state index contributed by atoms with van der Waals surface area (Å²) in [6.45, 7) is -0.932. The third-order valence-electron chi connectivity index (χ3n) is 5.86. The second kappa shape index (κ2) is 8.04. The van der Waals surface area contributed by atoms with Crippen molar-refractivity contribution in [3.63, 3.8) is 0 Å². The second-order valence-corrected chi connectivity index (χ2v) is 7.97. The van der Waals surface area contributed by atoms with Gasteiger partial charge in [-0.2, -0.15) is 0 Å². The van der Waals surface area contributed by atoms with Crippen LogP contribution in [0.3, 0.4) is 0 Å². The number of ether oxygens (including phenoxy) is 3. The molecule has 2 aromatic carbocycles. The summed E-state index contributed by atoms with van der Waals surface area (Å²) >= 11 is 0. The molecular formula is C22H20O12. The number of rotatable bonds is 3. The lowest BCUT2D eigenvalue weighted by atomic mass is 9.99. The molecule has 5 rings (SSSR count). The van der Waals surface area contributed by atoms with Gasteiger partial charge in [-0.1, -0.05) is 0 Å². The zero-order chi connectivity index (χ0) is 24.3. The Kier molecular flexibility index (Phi) is 5.26. The molecule has 0 bridgehead atoms. The molecule has 1 saturated heterocycles. The van der Waals surface area contributed by atoms with E-state index in [1.54, 1.807) is 0 Å². The molecule has 5 unspecified atom stereocenters. The summed E-state index contributed by atoms with van der Waals surface area (Å²) in [5, 5.41) is 69.5. The SMILES string of the molecule is O=c1c2c(oc3cc(OC4OC(CO)C(O)C(O)C4O)cc(O)c13)-c1ccc(O)c(O)c1OC2. The largest absolute Gasteiger partial charge is 0.507 e. The zero-order valence-electron chi connectivity index (χ0n) is 17.3. The Balaban J connectivity index is 1.58. The average molecular weight is 476 g/mol. The van der Waals surface area contributed by atoms with Gasteiger partial charge in [0.1, 0.15) is 59.3 Å². The first-order chi connectivity index (χ1) is 16.2. The van der Waals surface area contributed by atoms with Gasteiger partial charge in [-0.25, -0.2) is 0 Å². The Bertz CT molecular complexity index is 1330. The van der Waals surface area contributed by atoms with E-state index in [1.807, 2.05) is 0 Å². The predicted molar refractivity (Wildman–Crippen MR) is 112 cm³/mol. The van der Waals surface area contributed by atoms with Crippen LogP contribution in [0.5, 0.6) is 28.7 Å². The van der Waals surface area contributed by atoms with E-state index in [1.165, 1.54) is 18.2 Å². The molecule has 0 amide bonds. The van der Waals surface area contributed by atoms with Crippen LogP contribution >= 0.6 is 0 Å². The fourth-order valence-electron chi connectivity index (χ4n) is 4.06. The Morgan fingerprint density at radius 1 is 1.00 bits per heavy atom. The van der Waals surface area contributed by atoms with Gasteiger partial charge in [0.2, 0.25) is 17.5 Å². The molecule has 0 spiro atoms. The van der Waals surface area contributed by atoms with Crippen LogP contribution in [-0.2, 0) is 11.3 Å². The van der Waals surface area contributed by atoms with E-state index in [9.17, 15) is 40.5 Å².